The largest absolute Gasteiger partial charge is 0.465 e. The minimum atomic E-state index is -3.73. The van der Waals surface area contributed by atoms with Crippen LogP contribution in [-0.4, -0.2) is 8.42 Å². The van der Waals surface area contributed by atoms with Crippen molar-refractivity contribution < 1.29 is 12.8 Å². The van der Waals surface area contributed by atoms with Gasteiger partial charge in [0, 0.05) is 0 Å². The van der Waals surface area contributed by atoms with E-state index in [-0.39, 0.29) is 10.8 Å². The number of hydrogen-bond donors (Lipinski definition) is 1. The lowest BCUT2D eigenvalue weighted by Gasteiger charge is -2.20. The van der Waals surface area contributed by atoms with Crippen molar-refractivity contribution in [3.63, 3.8) is 0 Å². The average molecular weight is 432 g/mol. The Hall–Kier alpha value is -3.31. The topological polar surface area (TPSA) is 59.3 Å². The molecule has 1 N–H and O–H groups in total. The van der Waals surface area contributed by atoms with E-state index in [1.165, 1.54) is 0 Å². The molecular weight excluding hydrogens is 406 g/mol. The van der Waals surface area contributed by atoms with Crippen molar-refractivity contribution in [1.29, 1.82) is 0 Å². The highest BCUT2D eigenvalue weighted by atomic mass is 32.2. The van der Waals surface area contributed by atoms with Gasteiger partial charge in [0.15, 0.2) is 0 Å². The van der Waals surface area contributed by atoms with Gasteiger partial charge in [-0.15, -0.1) is 0 Å². The molecule has 31 heavy (non-hydrogen) atoms. The molecule has 1 aromatic heterocycles. The predicted molar refractivity (Wildman–Crippen MR) is 124 cm³/mol. The van der Waals surface area contributed by atoms with Crippen molar-refractivity contribution in [1.82, 2.24) is 0 Å². The standard InChI is InChI=1S/C26H25NO3S/c1-18-8-13-21(14-9-18)26(25-17-12-20(3)30-25)23-6-4-5-7-24(23)27-31(28,29)22-15-10-19(2)11-16-22/h4-17,26-27H,1-3H3/t26-/m0/s1. The smallest absolute Gasteiger partial charge is 0.261 e. The van der Waals surface area contributed by atoms with Gasteiger partial charge in [-0.2, -0.15) is 0 Å². The fourth-order valence-corrected chi connectivity index (χ4v) is 4.71. The second-order valence-corrected chi connectivity index (χ2v) is 9.48. The van der Waals surface area contributed by atoms with Crippen LogP contribution in [0.3, 0.4) is 0 Å². The highest BCUT2D eigenvalue weighted by Crippen LogP contribution is 2.37. The van der Waals surface area contributed by atoms with Gasteiger partial charge in [0.1, 0.15) is 11.5 Å². The summed E-state index contributed by atoms with van der Waals surface area (Å²) in [7, 11) is -3.73. The number of anilines is 1. The van der Waals surface area contributed by atoms with Crippen LogP contribution >= 0.6 is 0 Å². The Morgan fingerprint density at radius 1 is 0.742 bits per heavy atom. The zero-order chi connectivity index (χ0) is 22.0. The summed E-state index contributed by atoms with van der Waals surface area (Å²) < 4.78 is 34.9. The Morgan fingerprint density at radius 2 is 1.35 bits per heavy atom. The van der Waals surface area contributed by atoms with E-state index in [0.29, 0.717) is 5.69 Å². The lowest BCUT2D eigenvalue weighted by atomic mass is 9.88. The molecule has 4 nitrogen and oxygen atoms in total. The Bertz CT molecular complexity index is 1290. The molecule has 0 saturated heterocycles. The van der Waals surface area contributed by atoms with Crippen LogP contribution in [-0.2, 0) is 10.0 Å². The van der Waals surface area contributed by atoms with Gasteiger partial charge < -0.3 is 4.42 Å². The SMILES string of the molecule is Cc1ccc([C@H](c2ccc(C)o2)c2ccccc2NS(=O)(=O)c2ccc(C)cc2)cc1. The van der Waals surface area contributed by atoms with Crippen molar-refractivity contribution >= 4 is 15.7 Å². The number of hydrogen-bond acceptors (Lipinski definition) is 3. The molecule has 1 atom stereocenters. The van der Waals surface area contributed by atoms with E-state index in [1.807, 2.05) is 51.1 Å². The van der Waals surface area contributed by atoms with Gasteiger partial charge in [-0.25, -0.2) is 8.42 Å². The number of furan rings is 1. The molecule has 4 rings (SSSR count). The van der Waals surface area contributed by atoms with Gasteiger partial charge >= 0.3 is 0 Å². The molecule has 0 unspecified atom stereocenters. The third-order valence-corrected chi connectivity index (χ3v) is 6.69. The molecule has 0 radical (unpaired) electrons. The monoisotopic (exact) mass is 431 g/mol. The summed E-state index contributed by atoms with van der Waals surface area (Å²) in [5.74, 6) is 1.33. The number of para-hydroxylation sites is 1. The van der Waals surface area contributed by atoms with E-state index >= 15 is 0 Å². The molecule has 0 spiro atoms. The summed E-state index contributed by atoms with van der Waals surface area (Å²) in [5.41, 5.74) is 4.56. The first-order valence-corrected chi connectivity index (χ1v) is 11.6. The Balaban J connectivity index is 1.80. The van der Waals surface area contributed by atoms with Crippen molar-refractivity contribution in [3.05, 3.63) is 119 Å². The molecule has 0 bridgehead atoms. The fraction of sp³-hybridized carbons (Fsp3) is 0.154. The average Bonchev–Trinajstić information content (AvgIpc) is 3.17. The van der Waals surface area contributed by atoms with Crippen molar-refractivity contribution in [2.45, 2.75) is 31.6 Å². The Labute approximate surface area is 183 Å². The first kappa shape index (κ1) is 20.9. The van der Waals surface area contributed by atoms with Crippen LogP contribution in [0.2, 0.25) is 0 Å². The fourth-order valence-electron chi connectivity index (χ4n) is 3.63. The minimum absolute atomic E-state index is 0.230. The zero-order valence-electron chi connectivity index (χ0n) is 17.8. The number of benzene rings is 3. The van der Waals surface area contributed by atoms with Crippen LogP contribution < -0.4 is 4.72 Å². The first-order valence-electron chi connectivity index (χ1n) is 10.1. The molecule has 4 aromatic rings. The van der Waals surface area contributed by atoms with E-state index in [2.05, 4.69) is 29.0 Å². The normalized spacial score (nSPS) is 12.5. The molecule has 0 aliphatic rings. The van der Waals surface area contributed by atoms with E-state index < -0.39 is 10.0 Å². The van der Waals surface area contributed by atoms with Crippen LogP contribution in [0.25, 0.3) is 0 Å². The van der Waals surface area contributed by atoms with Crippen LogP contribution in [0.1, 0.15) is 39.7 Å². The summed E-state index contributed by atoms with van der Waals surface area (Å²) in [4.78, 5) is 0.230. The maximum Gasteiger partial charge on any atom is 0.261 e. The third-order valence-electron chi connectivity index (χ3n) is 5.30. The van der Waals surface area contributed by atoms with Gasteiger partial charge in [-0.3, -0.25) is 4.72 Å². The molecule has 0 aliphatic heterocycles. The zero-order valence-corrected chi connectivity index (χ0v) is 18.6. The molecule has 0 fully saturated rings. The van der Waals surface area contributed by atoms with Crippen molar-refractivity contribution in [2.75, 3.05) is 4.72 Å². The third kappa shape index (κ3) is 4.57. The molecule has 5 heteroatoms. The second kappa shape index (κ2) is 8.44. The van der Waals surface area contributed by atoms with Gasteiger partial charge in [-0.1, -0.05) is 65.7 Å². The van der Waals surface area contributed by atoms with Crippen LogP contribution in [0.4, 0.5) is 5.69 Å². The Kier molecular flexibility index (Phi) is 5.70. The highest BCUT2D eigenvalue weighted by Gasteiger charge is 2.25. The number of nitrogens with one attached hydrogen (secondary N) is 1. The van der Waals surface area contributed by atoms with E-state index in [9.17, 15) is 8.42 Å². The summed E-state index contributed by atoms with van der Waals surface area (Å²) >= 11 is 0. The summed E-state index contributed by atoms with van der Waals surface area (Å²) in [6.45, 7) is 5.87. The quantitative estimate of drug-likeness (QED) is 0.396. The van der Waals surface area contributed by atoms with Gasteiger partial charge in [0.05, 0.1) is 16.5 Å². The maximum absolute atomic E-state index is 13.1. The number of rotatable bonds is 6. The van der Waals surface area contributed by atoms with E-state index in [4.69, 9.17) is 4.42 Å². The summed E-state index contributed by atoms with van der Waals surface area (Å²) in [5, 5.41) is 0. The number of aryl methyl sites for hydroxylation is 3. The molecule has 0 saturated carbocycles. The molecule has 0 amide bonds. The van der Waals surface area contributed by atoms with E-state index in [1.54, 1.807) is 30.3 Å². The van der Waals surface area contributed by atoms with Gasteiger partial charge in [-0.05, 0) is 62.2 Å². The van der Waals surface area contributed by atoms with Crippen LogP contribution in [0.15, 0.2) is 94.2 Å². The predicted octanol–water partition coefficient (Wildman–Crippen LogP) is 6.19. The molecule has 3 aromatic carbocycles. The lowest BCUT2D eigenvalue weighted by molar-refractivity contribution is 0.478. The van der Waals surface area contributed by atoms with Crippen molar-refractivity contribution in [3.8, 4) is 0 Å². The molecule has 158 valence electrons. The minimum Gasteiger partial charge on any atom is -0.465 e. The summed E-state index contributed by atoms with van der Waals surface area (Å²) in [6, 6.07) is 26.4. The van der Waals surface area contributed by atoms with E-state index in [0.717, 1.165) is 33.8 Å². The summed E-state index contributed by atoms with van der Waals surface area (Å²) in [6.07, 6.45) is 0. The van der Waals surface area contributed by atoms with Gasteiger partial charge in [0.2, 0.25) is 0 Å². The van der Waals surface area contributed by atoms with Crippen LogP contribution in [0, 0.1) is 20.8 Å². The maximum atomic E-state index is 13.1. The van der Waals surface area contributed by atoms with Crippen LogP contribution in [0.5, 0.6) is 0 Å². The second-order valence-electron chi connectivity index (χ2n) is 7.80. The molecular formula is C26H25NO3S. The molecule has 0 aliphatic carbocycles. The van der Waals surface area contributed by atoms with Gasteiger partial charge in [0.25, 0.3) is 10.0 Å². The first-order chi connectivity index (χ1) is 14.8. The highest BCUT2D eigenvalue weighted by molar-refractivity contribution is 7.92. The molecule has 1 heterocycles. The van der Waals surface area contributed by atoms with Crippen molar-refractivity contribution in [2.24, 2.45) is 0 Å². The Morgan fingerprint density at radius 3 is 1.97 bits per heavy atom. The lowest BCUT2D eigenvalue weighted by Crippen LogP contribution is -2.15. The number of sulfonamides is 1.